The summed E-state index contributed by atoms with van der Waals surface area (Å²) in [5.41, 5.74) is 0. The van der Waals surface area contributed by atoms with Crippen LogP contribution in [0.15, 0.2) is 3.79 Å². The van der Waals surface area contributed by atoms with E-state index in [2.05, 4.69) is 15.9 Å². The predicted octanol–water partition coefficient (Wildman–Crippen LogP) is 2.42. The number of esters is 1. The molecule has 1 aromatic rings. The Bertz CT molecular complexity index is 374. The Kier molecular flexibility index (Phi) is 2.64. The zero-order valence-corrected chi connectivity index (χ0v) is 9.74. The standard InChI is InChI=1S/C8H7BrO4S/c1-2-11-8(10)6-4-5(7(9)14-6)13-3-12-4/h2-3H2,1H3. The van der Waals surface area contributed by atoms with Gasteiger partial charge in [0.1, 0.15) is 3.79 Å². The highest BCUT2D eigenvalue weighted by molar-refractivity contribution is 9.11. The molecule has 14 heavy (non-hydrogen) atoms. The van der Waals surface area contributed by atoms with Crippen LogP contribution in [0.1, 0.15) is 16.6 Å². The summed E-state index contributed by atoms with van der Waals surface area (Å²) in [5, 5.41) is 0. The summed E-state index contributed by atoms with van der Waals surface area (Å²) in [5.74, 6) is 0.711. The maximum absolute atomic E-state index is 11.4. The number of carbonyl (C=O) groups is 1. The van der Waals surface area contributed by atoms with Gasteiger partial charge in [0.2, 0.25) is 6.79 Å². The Balaban J connectivity index is 2.35. The van der Waals surface area contributed by atoms with Crippen molar-refractivity contribution in [1.29, 1.82) is 0 Å². The molecule has 2 rings (SSSR count). The SMILES string of the molecule is CCOC(=O)c1sc(Br)c2c1OCO2. The molecule has 0 saturated carbocycles. The van der Waals surface area contributed by atoms with Crippen LogP contribution in [0.5, 0.6) is 11.5 Å². The van der Waals surface area contributed by atoms with Crippen LogP contribution in [0, 0.1) is 0 Å². The quantitative estimate of drug-likeness (QED) is 0.780. The molecule has 76 valence electrons. The highest BCUT2D eigenvalue weighted by Gasteiger charge is 2.29. The fourth-order valence-corrected chi connectivity index (χ4v) is 2.70. The number of ether oxygens (including phenoxy) is 3. The average molecular weight is 279 g/mol. The van der Waals surface area contributed by atoms with E-state index in [1.54, 1.807) is 6.92 Å². The van der Waals surface area contributed by atoms with Gasteiger partial charge in [-0.25, -0.2) is 4.79 Å². The molecule has 1 aliphatic rings. The number of carbonyl (C=O) groups excluding carboxylic acids is 1. The minimum Gasteiger partial charge on any atom is -0.462 e. The monoisotopic (exact) mass is 278 g/mol. The van der Waals surface area contributed by atoms with Gasteiger partial charge in [-0.15, -0.1) is 11.3 Å². The largest absolute Gasteiger partial charge is 0.462 e. The van der Waals surface area contributed by atoms with Gasteiger partial charge in [-0.1, -0.05) is 0 Å². The van der Waals surface area contributed by atoms with Crippen LogP contribution in [-0.2, 0) is 4.74 Å². The number of halogens is 1. The molecule has 0 atom stereocenters. The van der Waals surface area contributed by atoms with E-state index in [9.17, 15) is 4.79 Å². The molecule has 1 aromatic heterocycles. The van der Waals surface area contributed by atoms with Crippen LogP contribution in [0.25, 0.3) is 0 Å². The molecule has 0 aromatic carbocycles. The topological polar surface area (TPSA) is 44.8 Å². The van der Waals surface area contributed by atoms with Gasteiger partial charge in [-0.05, 0) is 22.9 Å². The van der Waals surface area contributed by atoms with E-state index in [0.717, 1.165) is 3.79 Å². The van der Waals surface area contributed by atoms with E-state index < -0.39 is 0 Å². The lowest BCUT2D eigenvalue weighted by atomic mass is 10.4. The Labute approximate surface area is 92.9 Å². The number of rotatable bonds is 2. The first-order valence-electron chi connectivity index (χ1n) is 3.99. The number of hydrogen-bond donors (Lipinski definition) is 0. The molecule has 0 saturated heterocycles. The number of fused-ring (bicyclic) bond motifs is 1. The van der Waals surface area contributed by atoms with Crippen molar-refractivity contribution in [3.8, 4) is 11.5 Å². The first-order valence-corrected chi connectivity index (χ1v) is 5.60. The molecular formula is C8H7BrO4S. The normalized spacial score (nSPS) is 13.0. The van der Waals surface area contributed by atoms with E-state index in [0.29, 0.717) is 23.0 Å². The molecule has 0 radical (unpaired) electrons. The Morgan fingerprint density at radius 1 is 1.57 bits per heavy atom. The van der Waals surface area contributed by atoms with Crippen LogP contribution >= 0.6 is 27.3 Å². The summed E-state index contributed by atoms with van der Waals surface area (Å²) in [4.78, 5) is 11.9. The minimum absolute atomic E-state index is 0.156. The van der Waals surface area contributed by atoms with Crippen LogP contribution in [0.2, 0.25) is 0 Å². The average Bonchev–Trinajstić information content (AvgIpc) is 2.70. The zero-order chi connectivity index (χ0) is 10.1. The zero-order valence-electron chi connectivity index (χ0n) is 7.33. The molecule has 0 bridgehead atoms. The van der Waals surface area contributed by atoms with Crippen LogP contribution in [0.3, 0.4) is 0 Å². The van der Waals surface area contributed by atoms with Crippen molar-refractivity contribution < 1.29 is 19.0 Å². The van der Waals surface area contributed by atoms with Crippen molar-refractivity contribution in [3.63, 3.8) is 0 Å². The third-order valence-electron chi connectivity index (χ3n) is 1.65. The lowest BCUT2D eigenvalue weighted by molar-refractivity contribution is 0.0527. The second-order valence-electron chi connectivity index (χ2n) is 2.49. The molecular weight excluding hydrogens is 272 g/mol. The highest BCUT2D eigenvalue weighted by Crippen LogP contribution is 2.48. The molecule has 6 heteroatoms. The van der Waals surface area contributed by atoms with Crippen molar-refractivity contribution in [1.82, 2.24) is 0 Å². The van der Waals surface area contributed by atoms with Gasteiger partial charge in [0.25, 0.3) is 0 Å². The number of thiophene rings is 1. The molecule has 1 aliphatic heterocycles. The van der Waals surface area contributed by atoms with Crippen LogP contribution in [-0.4, -0.2) is 19.4 Å². The highest BCUT2D eigenvalue weighted by atomic mass is 79.9. The molecule has 0 unspecified atom stereocenters. The van der Waals surface area contributed by atoms with E-state index in [1.807, 2.05) is 0 Å². The van der Waals surface area contributed by atoms with Crippen molar-refractivity contribution in [2.45, 2.75) is 6.92 Å². The Hall–Kier alpha value is -0.750. The van der Waals surface area contributed by atoms with E-state index >= 15 is 0 Å². The van der Waals surface area contributed by atoms with E-state index in [1.165, 1.54) is 11.3 Å². The van der Waals surface area contributed by atoms with Gasteiger partial charge >= 0.3 is 5.97 Å². The molecule has 0 spiro atoms. The first kappa shape index (κ1) is 9.79. The molecule has 0 aliphatic carbocycles. The molecule has 0 N–H and O–H groups in total. The predicted molar refractivity (Wildman–Crippen MR) is 54.1 cm³/mol. The Morgan fingerprint density at radius 2 is 2.29 bits per heavy atom. The molecule has 2 heterocycles. The maximum Gasteiger partial charge on any atom is 0.352 e. The smallest absolute Gasteiger partial charge is 0.352 e. The summed E-state index contributed by atoms with van der Waals surface area (Å²) >= 11 is 4.55. The summed E-state index contributed by atoms with van der Waals surface area (Å²) in [6.45, 7) is 2.27. The third-order valence-corrected chi connectivity index (χ3v) is 3.42. The minimum atomic E-state index is -0.370. The number of hydrogen-bond acceptors (Lipinski definition) is 5. The van der Waals surface area contributed by atoms with Gasteiger partial charge in [0, 0.05) is 0 Å². The second kappa shape index (κ2) is 3.78. The lowest BCUT2D eigenvalue weighted by Crippen LogP contribution is -2.04. The van der Waals surface area contributed by atoms with Crippen molar-refractivity contribution in [2.75, 3.05) is 13.4 Å². The molecule has 4 nitrogen and oxygen atoms in total. The van der Waals surface area contributed by atoms with Gasteiger partial charge in [0.15, 0.2) is 16.4 Å². The summed E-state index contributed by atoms with van der Waals surface area (Å²) in [6.07, 6.45) is 0. The fraction of sp³-hybridized carbons (Fsp3) is 0.375. The van der Waals surface area contributed by atoms with Crippen molar-refractivity contribution in [3.05, 3.63) is 8.66 Å². The van der Waals surface area contributed by atoms with Gasteiger partial charge in [0.05, 0.1) is 6.61 Å². The summed E-state index contributed by atoms with van der Waals surface area (Å²) < 4.78 is 16.0. The van der Waals surface area contributed by atoms with E-state index in [-0.39, 0.29) is 12.8 Å². The van der Waals surface area contributed by atoms with Crippen molar-refractivity contribution >= 4 is 33.2 Å². The maximum atomic E-state index is 11.4. The Morgan fingerprint density at radius 3 is 3.00 bits per heavy atom. The van der Waals surface area contributed by atoms with Gasteiger partial charge in [-0.3, -0.25) is 0 Å². The van der Waals surface area contributed by atoms with Crippen LogP contribution in [0.4, 0.5) is 0 Å². The second-order valence-corrected chi connectivity index (χ2v) is 4.83. The molecule has 0 amide bonds. The van der Waals surface area contributed by atoms with Crippen molar-refractivity contribution in [2.24, 2.45) is 0 Å². The fourth-order valence-electron chi connectivity index (χ4n) is 1.11. The lowest BCUT2D eigenvalue weighted by Gasteiger charge is -1.99. The van der Waals surface area contributed by atoms with Crippen LogP contribution < -0.4 is 9.47 Å². The van der Waals surface area contributed by atoms with Gasteiger partial charge < -0.3 is 14.2 Å². The van der Waals surface area contributed by atoms with Gasteiger partial charge in [-0.2, -0.15) is 0 Å². The van der Waals surface area contributed by atoms with E-state index in [4.69, 9.17) is 14.2 Å². The summed E-state index contributed by atoms with van der Waals surface area (Å²) in [7, 11) is 0. The third kappa shape index (κ3) is 1.48. The molecule has 0 fully saturated rings. The first-order chi connectivity index (χ1) is 6.74. The summed E-state index contributed by atoms with van der Waals surface area (Å²) in [6, 6.07) is 0.